The first-order valence-electron chi connectivity index (χ1n) is 7.29. The Bertz CT molecular complexity index is 630. The molecule has 2 atom stereocenters. The minimum Gasteiger partial charge on any atom is -0.457 e. The van der Waals surface area contributed by atoms with E-state index in [1.165, 1.54) is 6.92 Å². The third-order valence-corrected chi connectivity index (χ3v) is 3.63. The summed E-state index contributed by atoms with van der Waals surface area (Å²) in [4.78, 5) is 11.3. The van der Waals surface area contributed by atoms with E-state index in [1.807, 2.05) is 30.3 Å². The van der Waals surface area contributed by atoms with Crippen LogP contribution in [0.3, 0.4) is 0 Å². The van der Waals surface area contributed by atoms with Crippen LogP contribution in [0.25, 0.3) is 0 Å². The number of carbonyl (C=O) groups is 1. The highest BCUT2D eigenvalue weighted by molar-refractivity contribution is 6.31. The van der Waals surface area contributed by atoms with Crippen LogP contribution in [0.1, 0.15) is 24.2 Å². The zero-order valence-electron chi connectivity index (χ0n) is 12.8. The molecule has 2 unspecified atom stereocenters. The fourth-order valence-electron chi connectivity index (χ4n) is 2.19. The average Bonchev–Trinajstić information content (AvgIpc) is 2.54. The van der Waals surface area contributed by atoms with E-state index < -0.39 is 18.2 Å². The molecule has 0 amide bonds. The monoisotopic (exact) mass is 334 g/mol. The molecule has 4 nitrogen and oxygen atoms in total. The summed E-state index contributed by atoms with van der Waals surface area (Å²) < 4.78 is 10.8. The van der Waals surface area contributed by atoms with Gasteiger partial charge < -0.3 is 14.6 Å². The topological polar surface area (TPSA) is 55.8 Å². The first-order chi connectivity index (χ1) is 11.1. The second-order valence-electron chi connectivity index (χ2n) is 5.11. The van der Waals surface area contributed by atoms with E-state index in [0.29, 0.717) is 17.2 Å². The van der Waals surface area contributed by atoms with Crippen molar-refractivity contribution in [2.75, 3.05) is 6.61 Å². The molecular formula is C18H19ClO4. The minimum atomic E-state index is -1.05. The molecule has 0 fully saturated rings. The molecule has 0 aliphatic heterocycles. The lowest BCUT2D eigenvalue weighted by atomic mass is 10.0. The van der Waals surface area contributed by atoms with Gasteiger partial charge in [0.1, 0.15) is 6.10 Å². The molecule has 0 bridgehead atoms. The fourth-order valence-corrected chi connectivity index (χ4v) is 2.43. The first-order valence-corrected chi connectivity index (χ1v) is 7.67. The van der Waals surface area contributed by atoms with Gasteiger partial charge in [-0.15, -0.1) is 0 Å². The number of hydrogen-bond donors (Lipinski definition) is 1. The number of hydrogen-bond acceptors (Lipinski definition) is 4. The molecule has 0 heterocycles. The van der Waals surface area contributed by atoms with Gasteiger partial charge >= 0.3 is 5.97 Å². The van der Waals surface area contributed by atoms with Crippen molar-refractivity contribution in [2.45, 2.75) is 25.7 Å². The number of rotatable bonds is 7. The SMILES string of the molecule is CC(=O)OC(COCc1ccccc1)C(O)c1ccccc1Cl. The molecular weight excluding hydrogens is 316 g/mol. The van der Waals surface area contributed by atoms with Gasteiger partial charge in [0.2, 0.25) is 0 Å². The summed E-state index contributed by atoms with van der Waals surface area (Å²) in [5.41, 5.74) is 1.50. The van der Waals surface area contributed by atoms with E-state index >= 15 is 0 Å². The summed E-state index contributed by atoms with van der Waals surface area (Å²) in [5, 5.41) is 10.9. The van der Waals surface area contributed by atoms with Crippen molar-refractivity contribution in [3.8, 4) is 0 Å². The first kappa shape index (κ1) is 17.5. The van der Waals surface area contributed by atoms with Gasteiger partial charge in [0.15, 0.2) is 6.10 Å². The Labute approximate surface area is 140 Å². The maximum absolute atomic E-state index is 11.3. The Balaban J connectivity index is 2.01. The molecule has 122 valence electrons. The molecule has 5 heteroatoms. The third-order valence-electron chi connectivity index (χ3n) is 3.29. The average molecular weight is 335 g/mol. The van der Waals surface area contributed by atoms with Gasteiger partial charge in [-0.05, 0) is 11.6 Å². The lowest BCUT2D eigenvalue weighted by Gasteiger charge is -2.23. The standard InChI is InChI=1S/C18H19ClO4/c1-13(20)23-17(12-22-11-14-7-3-2-4-8-14)18(21)15-9-5-6-10-16(15)19/h2-10,17-18,21H,11-12H2,1H3. The molecule has 0 aliphatic carbocycles. The molecule has 0 aliphatic rings. The van der Waals surface area contributed by atoms with Gasteiger partial charge in [-0.2, -0.15) is 0 Å². The predicted molar refractivity (Wildman–Crippen MR) is 88.1 cm³/mol. The Morgan fingerprint density at radius 3 is 2.43 bits per heavy atom. The van der Waals surface area contributed by atoms with Crippen LogP contribution in [0.4, 0.5) is 0 Å². The van der Waals surface area contributed by atoms with Gasteiger partial charge in [0, 0.05) is 17.5 Å². The summed E-state index contributed by atoms with van der Waals surface area (Å²) in [6.45, 7) is 1.73. The van der Waals surface area contributed by atoms with Gasteiger partial charge in [-0.1, -0.05) is 60.1 Å². The van der Waals surface area contributed by atoms with Crippen molar-refractivity contribution in [1.82, 2.24) is 0 Å². The van der Waals surface area contributed by atoms with Gasteiger partial charge in [-0.3, -0.25) is 4.79 Å². The van der Waals surface area contributed by atoms with E-state index in [2.05, 4.69) is 0 Å². The number of benzene rings is 2. The molecule has 0 spiro atoms. The van der Waals surface area contributed by atoms with Gasteiger partial charge in [0.05, 0.1) is 13.2 Å². The molecule has 2 aromatic rings. The quantitative estimate of drug-likeness (QED) is 0.787. The van der Waals surface area contributed by atoms with Crippen molar-refractivity contribution in [3.05, 3.63) is 70.7 Å². The summed E-state index contributed by atoms with van der Waals surface area (Å²) >= 11 is 6.09. The highest BCUT2D eigenvalue weighted by Gasteiger charge is 2.25. The molecule has 23 heavy (non-hydrogen) atoms. The molecule has 2 aromatic carbocycles. The van der Waals surface area contributed by atoms with Gasteiger partial charge in [-0.25, -0.2) is 0 Å². The highest BCUT2D eigenvalue weighted by Crippen LogP contribution is 2.26. The van der Waals surface area contributed by atoms with Crippen molar-refractivity contribution >= 4 is 17.6 Å². The predicted octanol–water partition coefficient (Wildman–Crippen LogP) is 3.52. The van der Waals surface area contributed by atoms with Crippen LogP contribution >= 0.6 is 11.6 Å². The van der Waals surface area contributed by atoms with Crippen molar-refractivity contribution < 1.29 is 19.4 Å². The molecule has 0 radical (unpaired) electrons. The third kappa shape index (κ3) is 5.36. The molecule has 2 rings (SSSR count). The maximum Gasteiger partial charge on any atom is 0.303 e. The molecule has 0 aromatic heterocycles. The van der Waals surface area contributed by atoms with Crippen LogP contribution < -0.4 is 0 Å². The minimum absolute atomic E-state index is 0.0703. The largest absolute Gasteiger partial charge is 0.457 e. The van der Waals surface area contributed by atoms with Crippen molar-refractivity contribution in [2.24, 2.45) is 0 Å². The number of aliphatic hydroxyl groups excluding tert-OH is 1. The van der Waals surface area contributed by atoms with Crippen LogP contribution in [0.5, 0.6) is 0 Å². The lowest BCUT2D eigenvalue weighted by Crippen LogP contribution is -2.29. The molecule has 1 N–H and O–H groups in total. The second kappa shape index (κ2) is 8.67. The number of aliphatic hydroxyl groups is 1. The van der Waals surface area contributed by atoms with E-state index in [-0.39, 0.29) is 6.61 Å². The number of esters is 1. The summed E-state index contributed by atoms with van der Waals surface area (Å²) in [7, 11) is 0. The van der Waals surface area contributed by atoms with Gasteiger partial charge in [0.25, 0.3) is 0 Å². The Morgan fingerprint density at radius 1 is 1.13 bits per heavy atom. The normalized spacial score (nSPS) is 13.3. The van der Waals surface area contributed by atoms with E-state index in [1.54, 1.807) is 24.3 Å². The Morgan fingerprint density at radius 2 is 1.78 bits per heavy atom. The highest BCUT2D eigenvalue weighted by atomic mass is 35.5. The molecule has 0 saturated carbocycles. The van der Waals surface area contributed by atoms with Crippen LogP contribution in [0, 0.1) is 0 Å². The van der Waals surface area contributed by atoms with Crippen molar-refractivity contribution in [1.29, 1.82) is 0 Å². The zero-order valence-corrected chi connectivity index (χ0v) is 13.6. The Kier molecular flexibility index (Phi) is 6.59. The van der Waals surface area contributed by atoms with Crippen LogP contribution in [0.15, 0.2) is 54.6 Å². The van der Waals surface area contributed by atoms with E-state index in [0.717, 1.165) is 5.56 Å². The fraction of sp³-hybridized carbons (Fsp3) is 0.278. The van der Waals surface area contributed by atoms with E-state index in [4.69, 9.17) is 21.1 Å². The van der Waals surface area contributed by atoms with Crippen molar-refractivity contribution in [3.63, 3.8) is 0 Å². The summed E-state index contributed by atoms with van der Waals surface area (Å²) in [6, 6.07) is 16.5. The van der Waals surface area contributed by atoms with Crippen LogP contribution in [-0.2, 0) is 20.9 Å². The molecule has 0 saturated heterocycles. The second-order valence-corrected chi connectivity index (χ2v) is 5.52. The lowest BCUT2D eigenvalue weighted by molar-refractivity contribution is -0.158. The maximum atomic E-state index is 11.3. The number of halogens is 1. The number of carbonyl (C=O) groups excluding carboxylic acids is 1. The Hall–Kier alpha value is -1.88. The summed E-state index contributed by atoms with van der Waals surface area (Å²) in [6.07, 6.45) is -1.88. The smallest absolute Gasteiger partial charge is 0.303 e. The summed E-state index contributed by atoms with van der Waals surface area (Å²) in [5.74, 6) is -0.482. The number of ether oxygens (including phenoxy) is 2. The van der Waals surface area contributed by atoms with Crippen LogP contribution in [-0.4, -0.2) is 23.8 Å². The zero-order chi connectivity index (χ0) is 16.7. The van der Waals surface area contributed by atoms with E-state index in [9.17, 15) is 9.90 Å². The van der Waals surface area contributed by atoms with Crippen LogP contribution in [0.2, 0.25) is 5.02 Å².